The number of ether oxygens (including phenoxy) is 6. The first-order valence-corrected chi connectivity index (χ1v) is 8.81. The minimum absolute atomic E-state index is 0.458. The summed E-state index contributed by atoms with van der Waals surface area (Å²) in [7, 11) is 0. The Morgan fingerprint density at radius 3 is 1.38 bits per heavy atom. The lowest BCUT2D eigenvalue weighted by Crippen LogP contribution is -2.80. The van der Waals surface area contributed by atoms with Gasteiger partial charge in [0.25, 0.3) is 5.97 Å². The molecule has 4 fully saturated rings. The first kappa shape index (κ1) is 19.1. The smallest absolute Gasteiger partial charge is 0.303 e. The summed E-state index contributed by atoms with van der Waals surface area (Å²) in [6.45, 7) is 5.80. The number of hydrogen-bond acceptors (Lipinski definition) is 9. The maximum Gasteiger partial charge on any atom is 0.303 e. The highest BCUT2D eigenvalue weighted by atomic mass is 16.9. The number of esters is 3. The van der Waals surface area contributed by atoms with Crippen LogP contribution in [0.1, 0.15) is 47.0 Å². The maximum absolute atomic E-state index is 11.6. The highest BCUT2D eigenvalue weighted by Gasteiger charge is 2.70. The van der Waals surface area contributed by atoms with Gasteiger partial charge in [-0.1, -0.05) is 13.3 Å². The van der Waals surface area contributed by atoms with Crippen molar-refractivity contribution in [2.45, 2.75) is 89.6 Å². The van der Waals surface area contributed by atoms with Crippen LogP contribution < -0.4 is 0 Å². The van der Waals surface area contributed by atoms with Gasteiger partial charge in [0.2, 0.25) is 0 Å². The molecule has 0 spiro atoms. The largest absolute Gasteiger partial charge is 0.457 e. The van der Waals surface area contributed by atoms with Gasteiger partial charge in [0.15, 0.2) is 18.3 Å². The lowest BCUT2D eigenvalue weighted by molar-refractivity contribution is -0.537. The second-order valence-electron chi connectivity index (χ2n) is 6.76. The average molecular weight is 372 g/mol. The van der Waals surface area contributed by atoms with Crippen LogP contribution in [0.15, 0.2) is 0 Å². The van der Waals surface area contributed by atoms with E-state index in [4.69, 9.17) is 28.4 Å². The molecule has 0 radical (unpaired) electrons. The molecular formula is C17H24O9. The molecule has 0 aromatic rings. The van der Waals surface area contributed by atoms with Gasteiger partial charge in [0.05, 0.1) is 0 Å². The van der Waals surface area contributed by atoms with Crippen molar-refractivity contribution in [1.29, 1.82) is 0 Å². The zero-order valence-corrected chi connectivity index (χ0v) is 15.3. The number of carbonyl (C=O) groups excluding carboxylic acids is 3. The zero-order chi connectivity index (χ0) is 19.1. The van der Waals surface area contributed by atoms with Crippen molar-refractivity contribution in [2.75, 3.05) is 0 Å². The van der Waals surface area contributed by atoms with Crippen molar-refractivity contribution in [3.8, 4) is 0 Å². The van der Waals surface area contributed by atoms with Crippen LogP contribution in [0.2, 0.25) is 0 Å². The number of unbranched alkanes of at least 4 members (excludes halogenated alkanes) is 1. The Morgan fingerprint density at radius 1 is 0.769 bits per heavy atom. The molecule has 1 saturated carbocycles. The van der Waals surface area contributed by atoms with E-state index in [-0.39, 0.29) is 0 Å². The van der Waals surface area contributed by atoms with Crippen LogP contribution in [-0.2, 0) is 42.8 Å². The molecule has 26 heavy (non-hydrogen) atoms. The van der Waals surface area contributed by atoms with Crippen molar-refractivity contribution in [3.63, 3.8) is 0 Å². The van der Waals surface area contributed by atoms with E-state index in [0.717, 1.165) is 12.8 Å². The van der Waals surface area contributed by atoms with Gasteiger partial charge in [0.1, 0.15) is 18.3 Å². The Bertz CT molecular complexity index is 503. The van der Waals surface area contributed by atoms with Crippen molar-refractivity contribution < 1.29 is 42.8 Å². The summed E-state index contributed by atoms with van der Waals surface area (Å²) in [5.74, 6) is -2.94. The Kier molecular flexibility index (Phi) is 5.23. The van der Waals surface area contributed by atoms with Crippen LogP contribution in [0.4, 0.5) is 0 Å². The van der Waals surface area contributed by atoms with Crippen LogP contribution in [0.3, 0.4) is 0 Å². The molecule has 4 rings (SSSR count). The third-order valence-corrected chi connectivity index (χ3v) is 4.63. The van der Waals surface area contributed by atoms with Crippen LogP contribution in [-0.4, -0.2) is 60.5 Å². The summed E-state index contributed by atoms with van der Waals surface area (Å²) in [5.41, 5.74) is 0. The highest BCUT2D eigenvalue weighted by Crippen LogP contribution is 2.50. The number of rotatable bonds is 6. The minimum atomic E-state index is -1.32. The van der Waals surface area contributed by atoms with E-state index in [1.165, 1.54) is 20.8 Å². The first-order valence-electron chi connectivity index (χ1n) is 8.81. The average Bonchev–Trinajstić information content (AvgIpc) is 2.54. The fourth-order valence-corrected chi connectivity index (χ4v) is 3.78. The van der Waals surface area contributed by atoms with E-state index < -0.39 is 60.5 Å². The molecule has 0 unspecified atom stereocenters. The molecule has 146 valence electrons. The highest BCUT2D eigenvalue weighted by molar-refractivity contribution is 5.68. The molecule has 9 nitrogen and oxygen atoms in total. The first-order chi connectivity index (χ1) is 12.3. The van der Waals surface area contributed by atoms with E-state index in [1.54, 1.807) is 0 Å². The molecular weight excluding hydrogens is 348 g/mol. The van der Waals surface area contributed by atoms with Gasteiger partial charge >= 0.3 is 17.9 Å². The SMILES string of the molecule is CCCCC12OC3C(OC(C)=O)C(O1)C(OC(C)=O)C(O2)C3OC(C)=O. The summed E-state index contributed by atoms with van der Waals surface area (Å²) in [4.78, 5) is 34.7. The Morgan fingerprint density at radius 2 is 1.12 bits per heavy atom. The van der Waals surface area contributed by atoms with Crippen molar-refractivity contribution in [2.24, 2.45) is 0 Å². The normalized spacial score (nSPS) is 40.2. The quantitative estimate of drug-likeness (QED) is 0.495. The lowest BCUT2D eigenvalue weighted by Gasteiger charge is -2.61. The number of hydrogen-bond donors (Lipinski definition) is 0. The third kappa shape index (κ3) is 3.43. The van der Waals surface area contributed by atoms with Crippen LogP contribution >= 0.6 is 0 Å². The van der Waals surface area contributed by atoms with Crippen molar-refractivity contribution in [3.05, 3.63) is 0 Å². The summed E-state index contributed by atoms with van der Waals surface area (Å²) >= 11 is 0. The van der Waals surface area contributed by atoms with Gasteiger partial charge in [-0.2, -0.15) is 0 Å². The molecule has 3 heterocycles. The molecule has 4 aliphatic rings. The lowest BCUT2D eigenvalue weighted by atomic mass is 9.81. The molecule has 0 amide bonds. The topological polar surface area (TPSA) is 107 Å². The van der Waals surface area contributed by atoms with E-state index in [0.29, 0.717) is 6.42 Å². The fraction of sp³-hybridized carbons (Fsp3) is 0.824. The molecule has 4 bridgehead atoms. The van der Waals surface area contributed by atoms with Crippen molar-refractivity contribution in [1.82, 2.24) is 0 Å². The molecule has 0 atom stereocenters. The molecule has 3 aliphatic heterocycles. The third-order valence-electron chi connectivity index (χ3n) is 4.63. The molecule has 3 saturated heterocycles. The molecule has 0 aromatic heterocycles. The predicted molar refractivity (Wildman–Crippen MR) is 83.5 cm³/mol. The van der Waals surface area contributed by atoms with Crippen LogP contribution in [0.25, 0.3) is 0 Å². The summed E-state index contributed by atoms with van der Waals surface area (Å²) in [6, 6.07) is 0. The summed E-state index contributed by atoms with van der Waals surface area (Å²) in [6.07, 6.45) is -2.79. The van der Waals surface area contributed by atoms with Crippen LogP contribution in [0, 0.1) is 0 Å². The number of carbonyl (C=O) groups is 3. The van der Waals surface area contributed by atoms with Gasteiger partial charge < -0.3 is 28.4 Å². The van der Waals surface area contributed by atoms with E-state index in [2.05, 4.69) is 0 Å². The van der Waals surface area contributed by atoms with Gasteiger partial charge in [0, 0.05) is 27.2 Å². The molecule has 9 heteroatoms. The molecule has 0 aromatic carbocycles. The second-order valence-corrected chi connectivity index (χ2v) is 6.76. The van der Waals surface area contributed by atoms with Gasteiger partial charge in [-0.25, -0.2) is 0 Å². The molecule has 1 aliphatic carbocycles. The van der Waals surface area contributed by atoms with Gasteiger partial charge in [-0.05, 0) is 6.42 Å². The van der Waals surface area contributed by atoms with E-state index in [9.17, 15) is 14.4 Å². The Labute approximate surface area is 151 Å². The van der Waals surface area contributed by atoms with Gasteiger partial charge in [-0.3, -0.25) is 14.4 Å². The predicted octanol–water partition coefficient (Wildman–Crippen LogP) is 0.822. The van der Waals surface area contributed by atoms with E-state index >= 15 is 0 Å². The maximum atomic E-state index is 11.6. The molecule has 0 N–H and O–H groups in total. The standard InChI is InChI=1S/C17H24O9/c1-5-6-7-17-24-14-11(21-8(2)18)15(25-17)13(23-10(4)20)16(26-17)12(14)22-9(3)19/h11-16H,5-7H2,1-4H3. The fourth-order valence-electron chi connectivity index (χ4n) is 3.78. The minimum Gasteiger partial charge on any atom is -0.457 e. The second kappa shape index (κ2) is 7.13. The monoisotopic (exact) mass is 372 g/mol. The van der Waals surface area contributed by atoms with Crippen LogP contribution in [0.5, 0.6) is 0 Å². The van der Waals surface area contributed by atoms with Gasteiger partial charge in [-0.15, -0.1) is 0 Å². The van der Waals surface area contributed by atoms with E-state index in [1.807, 2.05) is 6.92 Å². The Balaban J connectivity index is 1.95. The summed E-state index contributed by atoms with van der Waals surface area (Å²) < 4.78 is 34.0. The van der Waals surface area contributed by atoms with Crippen molar-refractivity contribution >= 4 is 17.9 Å². The zero-order valence-electron chi connectivity index (χ0n) is 15.3. The Hall–Kier alpha value is -1.71. The summed E-state index contributed by atoms with van der Waals surface area (Å²) in [5, 5.41) is 0.